The molecule has 0 saturated carbocycles. The summed E-state index contributed by atoms with van der Waals surface area (Å²) < 4.78 is 27.1. The number of thioether (sulfide) groups is 1. The van der Waals surface area contributed by atoms with Gasteiger partial charge in [-0.15, -0.1) is 0 Å². The van der Waals surface area contributed by atoms with Crippen molar-refractivity contribution in [2.45, 2.75) is 9.24 Å². The molecule has 0 unspecified atom stereocenters. The van der Waals surface area contributed by atoms with Crippen LogP contribution < -0.4 is 4.57 Å². The van der Waals surface area contributed by atoms with Gasteiger partial charge in [-0.2, -0.15) is 4.57 Å². The lowest BCUT2D eigenvalue weighted by molar-refractivity contribution is -0.676. The Labute approximate surface area is 103 Å². The van der Waals surface area contributed by atoms with Gasteiger partial charge in [0.25, 0.3) is 4.34 Å². The van der Waals surface area contributed by atoms with Crippen LogP contribution in [0.15, 0.2) is 27.4 Å². The molecule has 0 bridgehead atoms. The summed E-state index contributed by atoms with van der Waals surface area (Å²) in [6, 6.07) is 5.27. The second-order valence-electron chi connectivity index (χ2n) is 3.53. The number of fused-ring (bicyclic) bond motifs is 1. The molecule has 3 nitrogen and oxygen atoms in total. The minimum atomic E-state index is -3.11. The molecule has 0 atom stereocenters. The Balaban J connectivity index is 2.73. The molecule has 2 aromatic rings. The smallest absolute Gasteiger partial charge is 0.224 e. The molecule has 1 aromatic heterocycles. The van der Waals surface area contributed by atoms with Crippen LogP contribution in [0.3, 0.4) is 0 Å². The van der Waals surface area contributed by atoms with Crippen molar-refractivity contribution < 1.29 is 13.0 Å². The first-order chi connectivity index (χ1) is 7.43. The molecule has 0 radical (unpaired) electrons. The van der Waals surface area contributed by atoms with Crippen LogP contribution in [0.1, 0.15) is 0 Å². The second kappa shape index (κ2) is 4.01. The molecule has 0 spiro atoms. The number of aromatic nitrogens is 1. The minimum absolute atomic E-state index is 0.384. The van der Waals surface area contributed by atoms with Gasteiger partial charge in [-0.1, -0.05) is 11.3 Å². The van der Waals surface area contributed by atoms with Crippen LogP contribution in [0.2, 0.25) is 0 Å². The molecule has 0 amide bonds. The highest BCUT2D eigenvalue weighted by molar-refractivity contribution is 8.00. The van der Waals surface area contributed by atoms with E-state index in [1.807, 2.05) is 19.4 Å². The van der Waals surface area contributed by atoms with Crippen molar-refractivity contribution in [3.05, 3.63) is 18.2 Å². The lowest BCUT2D eigenvalue weighted by Crippen LogP contribution is -2.27. The molecular weight excluding hydrogens is 262 g/mol. The Morgan fingerprint density at radius 3 is 2.62 bits per heavy atom. The molecule has 0 aliphatic heterocycles. The van der Waals surface area contributed by atoms with Gasteiger partial charge in [-0.3, -0.25) is 0 Å². The molecule has 0 saturated heterocycles. The average Bonchev–Trinajstić information content (AvgIpc) is 2.54. The topological polar surface area (TPSA) is 38.0 Å². The van der Waals surface area contributed by atoms with E-state index in [4.69, 9.17) is 0 Å². The van der Waals surface area contributed by atoms with E-state index in [1.165, 1.54) is 10.6 Å². The monoisotopic (exact) mass is 274 g/mol. The van der Waals surface area contributed by atoms with Gasteiger partial charge >= 0.3 is 0 Å². The Morgan fingerprint density at radius 1 is 1.38 bits per heavy atom. The zero-order valence-corrected chi connectivity index (χ0v) is 11.7. The van der Waals surface area contributed by atoms with Crippen LogP contribution in [-0.2, 0) is 16.9 Å². The van der Waals surface area contributed by atoms with Gasteiger partial charge in [-0.25, -0.2) is 8.42 Å². The summed E-state index contributed by atoms with van der Waals surface area (Å²) in [4.78, 5) is 0.384. The van der Waals surface area contributed by atoms with E-state index in [0.29, 0.717) is 4.90 Å². The highest BCUT2D eigenvalue weighted by Gasteiger charge is 2.18. The van der Waals surface area contributed by atoms with E-state index in [2.05, 4.69) is 4.57 Å². The van der Waals surface area contributed by atoms with E-state index in [0.717, 1.165) is 10.2 Å². The fourth-order valence-electron chi connectivity index (χ4n) is 1.52. The number of aryl methyl sites for hydroxylation is 1. The van der Waals surface area contributed by atoms with Gasteiger partial charge in [0.2, 0.25) is 5.52 Å². The summed E-state index contributed by atoms with van der Waals surface area (Å²) in [6.07, 6.45) is 3.25. The maximum absolute atomic E-state index is 11.4. The number of rotatable bonds is 2. The van der Waals surface area contributed by atoms with Crippen LogP contribution in [0, 0.1) is 0 Å². The second-order valence-corrected chi connectivity index (χ2v) is 7.63. The van der Waals surface area contributed by atoms with E-state index in [9.17, 15) is 8.42 Å². The third-order valence-corrected chi connectivity index (χ3v) is 5.85. The van der Waals surface area contributed by atoms with Crippen LogP contribution >= 0.6 is 23.1 Å². The summed E-state index contributed by atoms with van der Waals surface area (Å²) in [5.74, 6) is 0. The fourth-order valence-corrected chi connectivity index (χ4v) is 4.14. The van der Waals surface area contributed by atoms with Gasteiger partial charge in [0, 0.05) is 12.3 Å². The predicted molar refractivity (Wildman–Crippen MR) is 67.9 cm³/mol. The summed E-state index contributed by atoms with van der Waals surface area (Å²) in [5.41, 5.74) is 1.07. The maximum atomic E-state index is 11.4. The number of hydrogen-bond acceptors (Lipinski definition) is 4. The lowest BCUT2D eigenvalue weighted by Gasteiger charge is -1.95. The Bertz CT molecular complexity index is 643. The molecule has 0 fully saturated rings. The van der Waals surface area contributed by atoms with Gasteiger partial charge in [0.1, 0.15) is 11.7 Å². The third-order valence-electron chi connectivity index (χ3n) is 2.37. The number of thiazole rings is 1. The SMILES string of the molecule is CSc1sc2cc(S(C)(=O)=O)ccc2[n+]1C. The Kier molecular flexibility index (Phi) is 2.98. The molecule has 86 valence electrons. The Hall–Kier alpha value is -0.590. The average molecular weight is 274 g/mol. The molecule has 1 aromatic carbocycles. The third kappa shape index (κ3) is 1.97. The van der Waals surface area contributed by atoms with Crippen LogP contribution in [0.4, 0.5) is 0 Å². The molecule has 0 aliphatic rings. The first kappa shape index (κ1) is 11.9. The largest absolute Gasteiger partial charge is 0.297 e. The van der Waals surface area contributed by atoms with Gasteiger partial charge in [-0.05, 0) is 30.2 Å². The van der Waals surface area contributed by atoms with Crippen LogP contribution in [0.25, 0.3) is 10.2 Å². The zero-order valence-electron chi connectivity index (χ0n) is 9.22. The first-order valence-corrected chi connectivity index (χ1v) is 8.53. The predicted octanol–water partition coefficient (Wildman–Crippen LogP) is 1.85. The van der Waals surface area contributed by atoms with Gasteiger partial charge < -0.3 is 0 Å². The van der Waals surface area contributed by atoms with Crippen molar-refractivity contribution in [3.8, 4) is 0 Å². The van der Waals surface area contributed by atoms with Crippen molar-refractivity contribution in [2.75, 3.05) is 12.5 Å². The quantitative estimate of drug-likeness (QED) is 0.619. The number of hydrogen-bond donors (Lipinski definition) is 0. The van der Waals surface area contributed by atoms with Gasteiger partial charge in [0.15, 0.2) is 9.84 Å². The van der Waals surface area contributed by atoms with E-state index in [-0.39, 0.29) is 0 Å². The molecule has 1 heterocycles. The molecule has 2 rings (SSSR count). The molecule has 16 heavy (non-hydrogen) atoms. The van der Waals surface area contributed by atoms with Crippen molar-refractivity contribution in [3.63, 3.8) is 0 Å². The van der Waals surface area contributed by atoms with E-state index < -0.39 is 9.84 Å². The van der Waals surface area contributed by atoms with Crippen molar-refractivity contribution in [2.24, 2.45) is 7.05 Å². The van der Waals surface area contributed by atoms with Crippen molar-refractivity contribution in [1.82, 2.24) is 0 Å². The number of benzene rings is 1. The highest BCUT2D eigenvalue weighted by Crippen LogP contribution is 2.27. The summed E-state index contributed by atoms with van der Waals surface area (Å²) in [7, 11) is -1.12. The van der Waals surface area contributed by atoms with E-state index >= 15 is 0 Å². The summed E-state index contributed by atoms with van der Waals surface area (Å²) in [5, 5.41) is 0. The lowest BCUT2D eigenvalue weighted by atomic mass is 10.3. The van der Waals surface area contributed by atoms with Crippen molar-refractivity contribution >= 4 is 43.2 Å². The number of nitrogens with zero attached hydrogens (tertiary/aromatic N) is 1. The van der Waals surface area contributed by atoms with Crippen molar-refractivity contribution in [1.29, 1.82) is 0 Å². The summed E-state index contributed by atoms with van der Waals surface area (Å²) >= 11 is 3.28. The standard InChI is InChI=1S/C10H12NO2S3/c1-11-8-5-4-7(16(3,12)13)6-9(8)15-10(11)14-2/h4-6H,1-3H3/q+1. The molecule has 0 aliphatic carbocycles. The first-order valence-electron chi connectivity index (χ1n) is 4.60. The minimum Gasteiger partial charge on any atom is -0.224 e. The highest BCUT2D eigenvalue weighted by atomic mass is 32.2. The number of sulfone groups is 1. The summed E-state index contributed by atoms with van der Waals surface area (Å²) in [6.45, 7) is 0. The fraction of sp³-hybridized carbons (Fsp3) is 0.300. The van der Waals surface area contributed by atoms with Gasteiger partial charge in [0.05, 0.1) is 4.90 Å². The van der Waals surface area contributed by atoms with Crippen LogP contribution in [-0.4, -0.2) is 20.9 Å². The maximum Gasteiger partial charge on any atom is 0.297 e. The molecule has 0 N–H and O–H groups in total. The normalized spacial score (nSPS) is 12.2. The van der Waals surface area contributed by atoms with Crippen LogP contribution in [0.5, 0.6) is 0 Å². The molecule has 6 heteroatoms. The Morgan fingerprint density at radius 2 is 2.06 bits per heavy atom. The molecular formula is C10H12NO2S3+. The van der Waals surface area contributed by atoms with E-state index in [1.54, 1.807) is 35.2 Å². The zero-order chi connectivity index (χ0) is 11.9.